The summed E-state index contributed by atoms with van der Waals surface area (Å²) in [6, 6.07) is 5.19. The number of benzene rings is 1. The van der Waals surface area contributed by atoms with Gasteiger partial charge in [0.15, 0.2) is 0 Å². The number of ether oxygens (including phenoxy) is 1. The zero-order valence-corrected chi connectivity index (χ0v) is 9.64. The molecule has 4 heteroatoms. The highest BCUT2D eigenvalue weighted by Crippen LogP contribution is 2.29. The molecule has 0 aliphatic carbocycles. The molecule has 0 unspecified atom stereocenters. The first-order chi connectivity index (χ1) is 6.56. The van der Waals surface area contributed by atoms with Gasteiger partial charge in [0, 0.05) is 28.8 Å². The topological polar surface area (TPSA) is 35.2 Å². The largest absolute Gasteiger partial charge is 0.375 e. The van der Waals surface area contributed by atoms with E-state index in [9.17, 15) is 0 Å². The summed E-state index contributed by atoms with van der Waals surface area (Å²) in [5.41, 5.74) is 6.64. The molecule has 0 fully saturated rings. The van der Waals surface area contributed by atoms with E-state index >= 15 is 0 Å². The molecule has 0 radical (unpaired) electrons. The highest BCUT2D eigenvalue weighted by atomic mass is 35.5. The van der Waals surface area contributed by atoms with Crippen LogP contribution in [-0.2, 0) is 4.74 Å². The van der Waals surface area contributed by atoms with E-state index in [1.807, 2.05) is 13.0 Å². The van der Waals surface area contributed by atoms with Gasteiger partial charge in [-0.2, -0.15) is 0 Å². The Balaban J connectivity index is 3.04. The van der Waals surface area contributed by atoms with E-state index in [1.54, 1.807) is 19.2 Å². The average Bonchev–Trinajstić information content (AvgIpc) is 2.09. The fourth-order valence-electron chi connectivity index (χ4n) is 1.36. The zero-order chi connectivity index (χ0) is 10.7. The molecule has 0 saturated carbocycles. The molecule has 14 heavy (non-hydrogen) atoms. The van der Waals surface area contributed by atoms with Crippen molar-refractivity contribution < 1.29 is 4.74 Å². The highest BCUT2D eigenvalue weighted by molar-refractivity contribution is 6.35. The van der Waals surface area contributed by atoms with Crippen LogP contribution >= 0.6 is 23.2 Å². The monoisotopic (exact) mass is 233 g/mol. The lowest BCUT2D eigenvalue weighted by Gasteiger charge is -2.20. The first-order valence-electron chi connectivity index (χ1n) is 4.29. The number of rotatable bonds is 3. The predicted octanol–water partition coefficient (Wildman–Crippen LogP) is 3.03. The van der Waals surface area contributed by atoms with Crippen molar-refractivity contribution in [2.45, 2.75) is 19.1 Å². The van der Waals surface area contributed by atoms with Gasteiger partial charge in [0.2, 0.25) is 0 Å². The molecule has 0 bridgehead atoms. The number of nitrogens with two attached hydrogens (primary N) is 1. The van der Waals surface area contributed by atoms with Crippen molar-refractivity contribution in [1.82, 2.24) is 0 Å². The van der Waals surface area contributed by atoms with Gasteiger partial charge in [-0.25, -0.2) is 0 Å². The molecule has 0 aliphatic heterocycles. The number of halogens is 2. The molecule has 0 aliphatic rings. The molecule has 1 aromatic rings. The molecule has 1 rings (SSSR count). The Labute approximate surface area is 94.0 Å². The molecule has 0 heterocycles. The van der Waals surface area contributed by atoms with Gasteiger partial charge in [0.05, 0.1) is 6.10 Å². The van der Waals surface area contributed by atoms with Crippen molar-refractivity contribution in [3.63, 3.8) is 0 Å². The van der Waals surface area contributed by atoms with Crippen molar-refractivity contribution in [1.29, 1.82) is 0 Å². The third kappa shape index (κ3) is 2.61. The Bertz CT molecular complexity index is 315. The normalized spacial score (nSPS) is 15.2. The van der Waals surface area contributed by atoms with Crippen molar-refractivity contribution >= 4 is 23.2 Å². The predicted molar refractivity (Wildman–Crippen MR) is 59.9 cm³/mol. The summed E-state index contributed by atoms with van der Waals surface area (Å²) in [7, 11) is 1.61. The van der Waals surface area contributed by atoms with Crippen molar-refractivity contribution in [2.75, 3.05) is 7.11 Å². The molecular formula is C10H13Cl2NO. The van der Waals surface area contributed by atoms with Crippen LogP contribution in [0.15, 0.2) is 18.2 Å². The van der Waals surface area contributed by atoms with Crippen LogP contribution < -0.4 is 5.73 Å². The van der Waals surface area contributed by atoms with Crippen LogP contribution in [0.2, 0.25) is 10.0 Å². The minimum Gasteiger partial charge on any atom is -0.375 e. The Hall–Kier alpha value is -0.280. The lowest BCUT2D eigenvalue weighted by atomic mass is 10.0. The van der Waals surface area contributed by atoms with Crippen LogP contribution in [0.3, 0.4) is 0 Å². The van der Waals surface area contributed by atoms with Crippen LogP contribution in [0.5, 0.6) is 0 Å². The SMILES string of the molecule is CO[C@@H](c1ccc(Cl)cc1Cl)[C@H](C)N. The number of hydrogen-bond donors (Lipinski definition) is 1. The molecule has 0 amide bonds. The average molecular weight is 234 g/mol. The summed E-state index contributed by atoms with van der Waals surface area (Å²) >= 11 is 11.8. The molecular weight excluding hydrogens is 221 g/mol. The molecule has 0 saturated heterocycles. The van der Waals surface area contributed by atoms with Gasteiger partial charge < -0.3 is 10.5 Å². The first kappa shape index (κ1) is 11.8. The number of hydrogen-bond acceptors (Lipinski definition) is 2. The molecule has 2 nitrogen and oxygen atoms in total. The zero-order valence-electron chi connectivity index (χ0n) is 8.13. The Kier molecular flexibility index (Phi) is 4.20. The van der Waals surface area contributed by atoms with E-state index < -0.39 is 0 Å². The minimum absolute atomic E-state index is 0.112. The van der Waals surface area contributed by atoms with Crippen molar-refractivity contribution in [3.05, 3.63) is 33.8 Å². The Morgan fingerprint density at radius 1 is 1.36 bits per heavy atom. The highest BCUT2D eigenvalue weighted by Gasteiger charge is 2.18. The van der Waals surface area contributed by atoms with Crippen molar-refractivity contribution in [3.8, 4) is 0 Å². The smallest absolute Gasteiger partial charge is 0.0983 e. The van der Waals surface area contributed by atoms with E-state index in [4.69, 9.17) is 33.7 Å². The lowest BCUT2D eigenvalue weighted by Crippen LogP contribution is -2.26. The van der Waals surface area contributed by atoms with Gasteiger partial charge in [-0.3, -0.25) is 0 Å². The number of methoxy groups -OCH3 is 1. The van der Waals surface area contributed by atoms with Gasteiger partial charge in [-0.15, -0.1) is 0 Å². The fraction of sp³-hybridized carbons (Fsp3) is 0.400. The first-order valence-corrected chi connectivity index (χ1v) is 5.05. The maximum atomic E-state index is 6.03. The molecule has 78 valence electrons. The van der Waals surface area contributed by atoms with Gasteiger partial charge in [-0.1, -0.05) is 29.3 Å². The third-order valence-electron chi connectivity index (χ3n) is 2.00. The molecule has 0 aromatic heterocycles. The summed E-state index contributed by atoms with van der Waals surface area (Å²) < 4.78 is 5.27. The summed E-state index contributed by atoms with van der Waals surface area (Å²) in [5.74, 6) is 0. The second-order valence-corrected chi connectivity index (χ2v) is 4.02. The quantitative estimate of drug-likeness (QED) is 0.872. The standard InChI is InChI=1S/C10H13Cl2NO/c1-6(13)10(14-2)8-4-3-7(11)5-9(8)12/h3-6,10H,13H2,1-2H3/t6-,10+/m0/s1. The van der Waals surface area contributed by atoms with Crippen LogP contribution in [0, 0.1) is 0 Å². The Morgan fingerprint density at radius 3 is 2.43 bits per heavy atom. The van der Waals surface area contributed by atoms with E-state index in [0.717, 1.165) is 5.56 Å². The maximum absolute atomic E-state index is 6.03. The van der Waals surface area contributed by atoms with Crippen molar-refractivity contribution in [2.24, 2.45) is 5.73 Å². The second kappa shape index (κ2) is 4.99. The van der Waals surface area contributed by atoms with Gasteiger partial charge >= 0.3 is 0 Å². The van der Waals surface area contributed by atoms with Crippen LogP contribution in [0.25, 0.3) is 0 Å². The second-order valence-electron chi connectivity index (χ2n) is 3.18. The summed E-state index contributed by atoms with van der Waals surface area (Å²) in [6.07, 6.45) is -0.195. The van der Waals surface area contributed by atoms with Crippen LogP contribution in [-0.4, -0.2) is 13.2 Å². The molecule has 2 atom stereocenters. The minimum atomic E-state index is -0.195. The van der Waals surface area contributed by atoms with Gasteiger partial charge in [0.25, 0.3) is 0 Å². The van der Waals surface area contributed by atoms with E-state index in [1.165, 1.54) is 0 Å². The maximum Gasteiger partial charge on any atom is 0.0983 e. The van der Waals surface area contributed by atoms with E-state index in [-0.39, 0.29) is 12.1 Å². The lowest BCUT2D eigenvalue weighted by molar-refractivity contribution is 0.0854. The van der Waals surface area contributed by atoms with Gasteiger partial charge in [-0.05, 0) is 19.1 Å². The van der Waals surface area contributed by atoms with Gasteiger partial charge in [0.1, 0.15) is 0 Å². The Morgan fingerprint density at radius 2 is 2.00 bits per heavy atom. The molecule has 1 aromatic carbocycles. The van der Waals surface area contributed by atoms with Crippen LogP contribution in [0.1, 0.15) is 18.6 Å². The third-order valence-corrected chi connectivity index (χ3v) is 2.56. The summed E-state index contributed by atoms with van der Waals surface area (Å²) in [4.78, 5) is 0. The fourth-order valence-corrected chi connectivity index (χ4v) is 1.87. The molecule has 0 spiro atoms. The van der Waals surface area contributed by atoms with E-state index in [0.29, 0.717) is 10.0 Å². The summed E-state index contributed by atoms with van der Waals surface area (Å²) in [6.45, 7) is 1.87. The molecule has 2 N–H and O–H groups in total. The van der Waals surface area contributed by atoms with E-state index in [2.05, 4.69) is 0 Å². The van der Waals surface area contributed by atoms with Crippen LogP contribution in [0.4, 0.5) is 0 Å². The summed E-state index contributed by atoms with van der Waals surface area (Å²) in [5, 5.41) is 1.19.